The van der Waals surface area contributed by atoms with Crippen molar-refractivity contribution in [1.82, 2.24) is 9.80 Å². The molecule has 0 radical (unpaired) electrons. The predicted molar refractivity (Wildman–Crippen MR) is 97.9 cm³/mol. The van der Waals surface area contributed by atoms with Gasteiger partial charge in [-0.2, -0.15) is 0 Å². The SMILES string of the molecule is COc1ccc([N+](=O)[O-])cc1C(=O)N1CCN(C(=O)c2ccc(F)cc2)CC1. The number of nitro benzene ring substituents is 1. The third-order valence-corrected chi connectivity index (χ3v) is 4.57. The summed E-state index contributed by atoms with van der Waals surface area (Å²) in [5.41, 5.74) is 0.283. The fourth-order valence-electron chi connectivity index (χ4n) is 3.03. The Balaban J connectivity index is 1.70. The molecule has 1 heterocycles. The maximum Gasteiger partial charge on any atom is 0.270 e. The maximum atomic E-state index is 13.0. The maximum absolute atomic E-state index is 13.0. The van der Waals surface area contributed by atoms with Crippen LogP contribution in [0.1, 0.15) is 20.7 Å². The van der Waals surface area contributed by atoms with Crippen molar-refractivity contribution in [2.45, 2.75) is 0 Å². The second-order valence-corrected chi connectivity index (χ2v) is 6.23. The molecule has 0 aromatic heterocycles. The molecule has 28 heavy (non-hydrogen) atoms. The lowest BCUT2D eigenvalue weighted by Gasteiger charge is -2.35. The normalized spacial score (nSPS) is 13.9. The molecule has 0 unspecified atom stereocenters. The van der Waals surface area contributed by atoms with Crippen LogP contribution < -0.4 is 4.74 Å². The van der Waals surface area contributed by atoms with Gasteiger partial charge in [-0.3, -0.25) is 19.7 Å². The number of ether oxygens (including phenoxy) is 1. The number of rotatable bonds is 4. The molecule has 1 aliphatic heterocycles. The summed E-state index contributed by atoms with van der Waals surface area (Å²) in [6.45, 7) is 1.16. The van der Waals surface area contributed by atoms with Crippen molar-refractivity contribution in [2.24, 2.45) is 0 Å². The number of benzene rings is 2. The van der Waals surface area contributed by atoms with E-state index in [4.69, 9.17) is 4.74 Å². The van der Waals surface area contributed by atoms with Gasteiger partial charge >= 0.3 is 0 Å². The van der Waals surface area contributed by atoms with Crippen LogP contribution in [0.25, 0.3) is 0 Å². The van der Waals surface area contributed by atoms with Crippen molar-refractivity contribution >= 4 is 17.5 Å². The van der Waals surface area contributed by atoms with Crippen molar-refractivity contribution in [3.05, 3.63) is 69.5 Å². The Morgan fingerprint density at radius 1 is 1.00 bits per heavy atom. The number of amides is 2. The number of hydrogen-bond acceptors (Lipinski definition) is 5. The standard InChI is InChI=1S/C19H18FN3O5/c1-28-17-7-6-15(23(26)27)12-16(17)19(25)22-10-8-21(9-11-22)18(24)13-2-4-14(20)5-3-13/h2-7,12H,8-11H2,1H3. The monoisotopic (exact) mass is 387 g/mol. The fourth-order valence-corrected chi connectivity index (χ4v) is 3.03. The third-order valence-electron chi connectivity index (χ3n) is 4.57. The van der Waals surface area contributed by atoms with Crippen LogP contribution in [-0.2, 0) is 0 Å². The summed E-state index contributed by atoms with van der Waals surface area (Å²) < 4.78 is 18.2. The number of hydrogen-bond donors (Lipinski definition) is 0. The van der Waals surface area contributed by atoms with Gasteiger partial charge in [0.2, 0.25) is 0 Å². The molecule has 2 aromatic rings. The highest BCUT2D eigenvalue weighted by molar-refractivity contribution is 5.98. The zero-order chi connectivity index (χ0) is 20.3. The highest BCUT2D eigenvalue weighted by Gasteiger charge is 2.28. The molecule has 0 spiro atoms. The van der Waals surface area contributed by atoms with Gasteiger partial charge in [-0.15, -0.1) is 0 Å². The Kier molecular flexibility index (Phi) is 5.53. The number of piperazine rings is 1. The molecule has 0 atom stereocenters. The number of nitrogens with zero attached hydrogens (tertiary/aromatic N) is 3. The number of non-ortho nitro benzene ring substituents is 1. The summed E-state index contributed by atoms with van der Waals surface area (Å²) >= 11 is 0. The molecular weight excluding hydrogens is 369 g/mol. The van der Waals surface area contributed by atoms with Crippen LogP contribution in [0.4, 0.5) is 10.1 Å². The van der Waals surface area contributed by atoms with Gasteiger partial charge in [0.25, 0.3) is 17.5 Å². The van der Waals surface area contributed by atoms with Gasteiger partial charge in [-0.1, -0.05) is 0 Å². The summed E-state index contributed by atoms with van der Waals surface area (Å²) in [6, 6.07) is 9.14. The van der Waals surface area contributed by atoms with E-state index in [1.807, 2.05) is 0 Å². The van der Waals surface area contributed by atoms with Gasteiger partial charge in [0.15, 0.2) is 0 Å². The van der Waals surface area contributed by atoms with E-state index < -0.39 is 16.6 Å². The molecular formula is C19H18FN3O5. The Bertz CT molecular complexity index is 908. The molecule has 2 amide bonds. The topological polar surface area (TPSA) is 93.0 Å². The molecule has 9 heteroatoms. The number of nitro groups is 1. The van der Waals surface area contributed by atoms with Crippen molar-refractivity contribution in [3.8, 4) is 5.75 Å². The summed E-state index contributed by atoms with van der Waals surface area (Å²) in [5.74, 6) is -0.798. The van der Waals surface area contributed by atoms with Crippen molar-refractivity contribution in [3.63, 3.8) is 0 Å². The van der Waals surface area contributed by atoms with E-state index in [0.717, 1.165) is 0 Å². The first-order chi connectivity index (χ1) is 13.4. The van der Waals surface area contributed by atoms with Gasteiger partial charge < -0.3 is 14.5 Å². The van der Waals surface area contributed by atoms with Crippen molar-refractivity contribution in [2.75, 3.05) is 33.3 Å². The molecule has 0 bridgehead atoms. The van der Waals surface area contributed by atoms with E-state index in [-0.39, 0.29) is 36.0 Å². The molecule has 0 N–H and O–H groups in total. The smallest absolute Gasteiger partial charge is 0.270 e. The average molecular weight is 387 g/mol. The number of carbonyl (C=O) groups is 2. The zero-order valence-electron chi connectivity index (χ0n) is 15.1. The quantitative estimate of drug-likeness (QED) is 0.593. The van der Waals surface area contributed by atoms with Crippen LogP contribution in [0.5, 0.6) is 5.75 Å². The van der Waals surface area contributed by atoms with Gasteiger partial charge in [-0.05, 0) is 30.3 Å². The average Bonchev–Trinajstić information content (AvgIpc) is 2.72. The number of methoxy groups -OCH3 is 1. The van der Waals surface area contributed by atoms with Crippen LogP contribution in [-0.4, -0.2) is 59.8 Å². The molecule has 0 aliphatic carbocycles. The van der Waals surface area contributed by atoms with Crippen molar-refractivity contribution < 1.29 is 23.6 Å². The summed E-state index contributed by atoms with van der Waals surface area (Å²) in [6.07, 6.45) is 0. The van der Waals surface area contributed by atoms with E-state index in [1.165, 1.54) is 54.5 Å². The Hall–Kier alpha value is -3.49. The van der Waals surface area contributed by atoms with Gasteiger partial charge in [0.05, 0.1) is 17.6 Å². The zero-order valence-corrected chi connectivity index (χ0v) is 15.1. The van der Waals surface area contributed by atoms with Crippen LogP contribution in [0.15, 0.2) is 42.5 Å². The molecule has 1 aliphatic rings. The molecule has 146 valence electrons. The van der Waals surface area contributed by atoms with Gasteiger partial charge in [0, 0.05) is 43.9 Å². The highest BCUT2D eigenvalue weighted by Crippen LogP contribution is 2.26. The lowest BCUT2D eigenvalue weighted by molar-refractivity contribution is -0.384. The minimum Gasteiger partial charge on any atom is -0.496 e. The Morgan fingerprint density at radius 3 is 2.11 bits per heavy atom. The second-order valence-electron chi connectivity index (χ2n) is 6.23. The summed E-state index contributed by atoms with van der Waals surface area (Å²) in [5, 5.41) is 11.0. The fraction of sp³-hybridized carbons (Fsp3) is 0.263. The second kappa shape index (κ2) is 8.03. The van der Waals surface area contributed by atoms with Crippen LogP contribution in [0, 0.1) is 15.9 Å². The minimum absolute atomic E-state index is 0.106. The van der Waals surface area contributed by atoms with E-state index >= 15 is 0 Å². The molecule has 3 rings (SSSR count). The number of halogens is 1. The van der Waals surface area contributed by atoms with Crippen LogP contribution >= 0.6 is 0 Å². The van der Waals surface area contributed by atoms with Gasteiger partial charge in [-0.25, -0.2) is 4.39 Å². The highest BCUT2D eigenvalue weighted by atomic mass is 19.1. The summed E-state index contributed by atoms with van der Waals surface area (Å²) in [4.78, 5) is 38.8. The molecule has 2 aromatic carbocycles. The van der Waals surface area contributed by atoms with Crippen LogP contribution in [0.2, 0.25) is 0 Å². The minimum atomic E-state index is -0.574. The van der Waals surface area contributed by atoms with E-state index in [1.54, 1.807) is 4.90 Å². The van der Waals surface area contributed by atoms with E-state index in [0.29, 0.717) is 18.7 Å². The van der Waals surface area contributed by atoms with Crippen molar-refractivity contribution in [1.29, 1.82) is 0 Å². The molecule has 1 saturated heterocycles. The Labute approximate surface area is 160 Å². The lowest BCUT2D eigenvalue weighted by atomic mass is 10.1. The predicted octanol–water partition coefficient (Wildman–Crippen LogP) is 2.34. The lowest BCUT2D eigenvalue weighted by Crippen LogP contribution is -2.50. The van der Waals surface area contributed by atoms with Gasteiger partial charge in [0.1, 0.15) is 11.6 Å². The molecule has 0 saturated carbocycles. The largest absolute Gasteiger partial charge is 0.496 e. The summed E-state index contributed by atoms with van der Waals surface area (Å²) in [7, 11) is 1.39. The molecule has 1 fully saturated rings. The van der Waals surface area contributed by atoms with E-state index in [9.17, 15) is 24.1 Å². The third kappa shape index (κ3) is 3.93. The first-order valence-electron chi connectivity index (χ1n) is 8.57. The Morgan fingerprint density at radius 2 is 1.57 bits per heavy atom. The number of carbonyl (C=O) groups excluding carboxylic acids is 2. The molecule has 8 nitrogen and oxygen atoms in total. The van der Waals surface area contributed by atoms with E-state index in [2.05, 4.69) is 0 Å². The first-order valence-corrected chi connectivity index (χ1v) is 8.57. The first kappa shape index (κ1) is 19.3. The van der Waals surface area contributed by atoms with Crippen LogP contribution in [0.3, 0.4) is 0 Å².